The molecule has 0 radical (unpaired) electrons. The molecule has 1 aromatic rings. The van der Waals surface area contributed by atoms with Gasteiger partial charge in [0.05, 0.1) is 18.1 Å². The summed E-state index contributed by atoms with van der Waals surface area (Å²) in [6, 6.07) is 7.94. The molecule has 1 atom stereocenters. The summed E-state index contributed by atoms with van der Waals surface area (Å²) in [6.07, 6.45) is 0.644. The maximum Gasteiger partial charge on any atom is 0.191 e. The molecule has 0 aromatic heterocycles. The van der Waals surface area contributed by atoms with Crippen LogP contribution in [0.4, 0.5) is 0 Å². The average Bonchev–Trinajstić information content (AvgIpc) is 2.77. The topological polar surface area (TPSA) is 70.6 Å². The Kier molecular flexibility index (Phi) is 5.64. The minimum absolute atomic E-state index is 0.0438. The summed E-state index contributed by atoms with van der Waals surface area (Å²) in [5.41, 5.74) is 1.11. The second-order valence-corrected chi connectivity index (χ2v) is 8.21. The summed E-state index contributed by atoms with van der Waals surface area (Å²) in [7, 11) is -2.88. The van der Waals surface area contributed by atoms with E-state index in [-0.39, 0.29) is 17.5 Å². The number of nitrogens with one attached hydrogen (secondary N) is 2. The molecule has 7 heteroatoms. The highest BCUT2D eigenvalue weighted by molar-refractivity contribution is 9.10. The molecule has 0 amide bonds. The maximum absolute atomic E-state index is 11.5. The standard InChI is InChI=1S/C14H20BrN3O2S/c1-2-16-14(18-13-7-8-21(19,20)10-13)17-9-11-3-5-12(15)6-4-11/h3-6,13H,2,7-10H2,1H3,(H2,16,17,18). The lowest BCUT2D eigenvalue weighted by molar-refractivity contribution is 0.599. The first-order valence-electron chi connectivity index (χ1n) is 6.98. The van der Waals surface area contributed by atoms with Gasteiger partial charge in [-0.25, -0.2) is 13.4 Å². The molecule has 21 heavy (non-hydrogen) atoms. The molecule has 2 rings (SSSR count). The van der Waals surface area contributed by atoms with Gasteiger partial charge in [-0.15, -0.1) is 0 Å². The van der Waals surface area contributed by atoms with Crippen molar-refractivity contribution in [3.8, 4) is 0 Å². The molecule has 0 saturated carbocycles. The Labute approximate surface area is 134 Å². The second kappa shape index (κ2) is 7.26. The van der Waals surface area contributed by atoms with E-state index >= 15 is 0 Å². The predicted octanol–water partition coefficient (Wildman–Crippen LogP) is 1.69. The summed E-state index contributed by atoms with van der Waals surface area (Å²) >= 11 is 3.40. The van der Waals surface area contributed by atoms with Gasteiger partial charge in [0.2, 0.25) is 0 Å². The highest BCUT2D eigenvalue weighted by Gasteiger charge is 2.28. The van der Waals surface area contributed by atoms with Gasteiger partial charge in [-0.1, -0.05) is 28.1 Å². The van der Waals surface area contributed by atoms with Crippen molar-refractivity contribution in [3.63, 3.8) is 0 Å². The fraction of sp³-hybridized carbons (Fsp3) is 0.500. The molecule has 0 aliphatic carbocycles. The molecule has 1 fully saturated rings. The Morgan fingerprint density at radius 3 is 2.67 bits per heavy atom. The lowest BCUT2D eigenvalue weighted by Gasteiger charge is -2.15. The Bertz CT molecular complexity index is 599. The van der Waals surface area contributed by atoms with Crippen molar-refractivity contribution in [2.75, 3.05) is 18.1 Å². The highest BCUT2D eigenvalue weighted by Crippen LogP contribution is 2.12. The van der Waals surface area contributed by atoms with Gasteiger partial charge in [0, 0.05) is 17.1 Å². The molecule has 116 valence electrons. The van der Waals surface area contributed by atoms with Crippen molar-refractivity contribution >= 4 is 31.7 Å². The van der Waals surface area contributed by atoms with Gasteiger partial charge in [0.1, 0.15) is 0 Å². The van der Waals surface area contributed by atoms with E-state index in [1.54, 1.807) is 0 Å². The van der Waals surface area contributed by atoms with Gasteiger partial charge in [0.15, 0.2) is 15.8 Å². The number of rotatable bonds is 4. The lowest BCUT2D eigenvalue weighted by Crippen LogP contribution is -2.44. The van der Waals surface area contributed by atoms with Crippen LogP contribution in [0.2, 0.25) is 0 Å². The van der Waals surface area contributed by atoms with E-state index in [1.165, 1.54) is 0 Å². The smallest absolute Gasteiger partial charge is 0.191 e. The minimum Gasteiger partial charge on any atom is -0.357 e. The number of guanidine groups is 1. The van der Waals surface area contributed by atoms with Gasteiger partial charge in [-0.3, -0.25) is 0 Å². The molecular formula is C14H20BrN3O2S. The molecule has 2 N–H and O–H groups in total. The third-order valence-electron chi connectivity index (χ3n) is 3.25. The van der Waals surface area contributed by atoms with Gasteiger partial charge >= 0.3 is 0 Å². The summed E-state index contributed by atoms with van der Waals surface area (Å²) < 4.78 is 24.0. The lowest BCUT2D eigenvalue weighted by atomic mass is 10.2. The van der Waals surface area contributed by atoms with Crippen molar-refractivity contribution in [3.05, 3.63) is 34.3 Å². The van der Waals surface area contributed by atoms with Crippen molar-refractivity contribution < 1.29 is 8.42 Å². The van der Waals surface area contributed by atoms with Crippen LogP contribution < -0.4 is 10.6 Å². The number of aliphatic imine (C=N–C) groups is 1. The van der Waals surface area contributed by atoms with Crippen LogP contribution in [0.1, 0.15) is 18.9 Å². The number of halogens is 1. The zero-order valence-electron chi connectivity index (χ0n) is 12.0. The molecule has 0 spiro atoms. The fourth-order valence-corrected chi connectivity index (χ4v) is 4.12. The number of hydrogen-bond donors (Lipinski definition) is 2. The first kappa shape index (κ1) is 16.3. The van der Waals surface area contributed by atoms with Crippen LogP contribution in [0.3, 0.4) is 0 Å². The van der Waals surface area contributed by atoms with Crippen LogP contribution in [0.25, 0.3) is 0 Å². The Morgan fingerprint density at radius 2 is 2.10 bits per heavy atom. The van der Waals surface area contributed by atoms with Gasteiger partial charge in [-0.2, -0.15) is 0 Å². The predicted molar refractivity (Wildman–Crippen MR) is 89.2 cm³/mol. The summed E-state index contributed by atoms with van der Waals surface area (Å²) in [5.74, 6) is 1.12. The summed E-state index contributed by atoms with van der Waals surface area (Å²) in [5, 5.41) is 6.36. The van der Waals surface area contributed by atoms with Crippen LogP contribution in [0.15, 0.2) is 33.7 Å². The van der Waals surface area contributed by atoms with Crippen LogP contribution in [0, 0.1) is 0 Å². The third kappa shape index (κ3) is 5.32. The average molecular weight is 374 g/mol. The second-order valence-electron chi connectivity index (χ2n) is 5.07. The normalized spacial score (nSPS) is 21.2. The van der Waals surface area contributed by atoms with E-state index < -0.39 is 9.84 Å². The zero-order chi connectivity index (χ0) is 15.3. The number of hydrogen-bond acceptors (Lipinski definition) is 3. The van der Waals surface area contributed by atoms with E-state index in [0.717, 1.165) is 16.6 Å². The molecule has 0 bridgehead atoms. The van der Waals surface area contributed by atoms with Gasteiger partial charge in [0.25, 0.3) is 0 Å². The van der Waals surface area contributed by atoms with Crippen molar-refractivity contribution in [1.29, 1.82) is 0 Å². The largest absolute Gasteiger partial charge is 0.357 e. The summed E-state index contributed by atoms with van der Waals surface area (Å²) in [4.78, 5) is 4.51. The van der Waals surface area contributed by atoms with Crippen LogP contribution >= 0.6 is 15.9 Å². The maximum atomic E-state index is 11.5. The van der Waals surface area contributed by atoms with Crippen LogP contribution in [0.5, 0.6) is 0 Å². The molecule has 1 unspecified atom stereocenters. The SMILES string of the molecule is CCNC(=NCc1ccc(Br)cc1)NC1CCS(=O)(=O)C1. The van der Waals surface area contributed by atoms with Crippen LogP contribution in [-0.2, 0) is 16.4 Å². The molecule has 1 aliphatic rings. The van der Waals surface area contributed by atoms with Crippen molar-refractivity contribution in [2.24, 2.45) is 4.99 Å². The van der Waals surface area contributed by atoms with E-state index in [1.807, 2.05) is 31.2 Å². The molecule has 1 saturated heterocycles. The first-order chi connectivity index (χ1) is 9.98. The number of sulfone groups is 1. The summed E-state index contributed by atoms with van der Waals surface area (Å²) in [6.45, 7) is 3.29. The molecule has 1 aromatic carbocycles. The van der Waals surface area contributed by atoms with E-state index in [2.05, 4.69) is 31.6 Å². The molecule has 1 aliphatic heterocycles. The highest BCUT2D eigenvalue weighted by atomic mass is 79.9. The third-order valence-corrected chi connectivity index (χ3v) is 5.55. The Balaban J connectivity index is 1.97. The van der Waals surface area contributed by atoms with Gasteiger partial charge < -0.3 is 10.6 Å². The zero-order valence-corrected chi connectivity index (χ0v) is 14.4. The molecule has 1 heterocycles. The Hall–Kier alpha value is -1.08. The van der Waals surface area contributed by atoms with Crippen molar-refractivity contribution in [1.82, 2.24) is 10.6 Å². The minimum atomic E-state index is -2.88. The first-order valence-corrected chi connectivity index (χ1v) is 9.59. The van der Waals surface area contributed by atoms with E-state index in [4.69, 9.17) is 0 Å². The van der Waals surface area contributed by atoms with E-state index in [9.17, 15) is 8.42 Å². The Morgan fingerprint density at radius 1 is 1.38 bits per heavy atom. The number of benzene rings is 1. The van der Waals surface area contributed by atoms with Crippen LogP contribution in [-0.4, -0.2) is 38.5 Å². The van der Waals surface area contributed by atoms with Crippen molar-refractivity contribution in [2.45, 2.75) is 25.9 Å². The fourth-order valence-electron chi connectivity index (χ4n) is 2.18. The quantitative estimate of drug-likeness (QED) is 0.622. The molecular weight excluding hydrogens is 354 g/mol. The monoisotopic (exact) mass is 373 g/mol. The van der Waals surface area contributed by atoms with Gasteiger partial charge in [-0.05, 0) is 31.0 Å². The van der Waals surface area contributed by atoms with E-state index in [0.29, 0.717) is 18.9 Å². The number of nitrogens with zero attached hydrogens (tertiary/aromatic N) is 1. The molecule has 5 nitrogen and oxygen atoms in total.